The fourth-order valence-electron chi connectivity index (χ4n) is 4.16. The fraction of sp³-hybridized carbons (Fsp3) is 0.462. The van der Waals surface area contributed by atoms with Crippen molar-refractivity contribution < 1.29 is 9.59 Å². The molecule has 166 valence electrons. The van der Waals surface area contributed by atoms with Crippen molar-refractivity contribution in [3.8, 4) is 0 Å². The van der Waals surface area contributed by atoms with Gasteiger partial charge in [-0.3, -0.25) is 9.59 Å². The molecular weight excluding hydrogens is 386 g/mol. The Morgan fingerprint density at radius 1 is 1.00 bits per heavy atom. The largest absolute Gasteiger partial charge is 0.334 e. The molecule has 0 heterocycles. The van der Waals surface area contributed by atoms with Gasteiger partial charge in [0.25, 0.3) is 5.91 Å². The van der Waals surface area contributed by atoms with Gasteiger partial charge in [-0.25, -0.2) is 0 Å². The third-order valence-electron chi connectivity index (χ3n) is 5.78. The average Bonchev–Trinajstić information content (AvgIpc) is 2.73. The van der Waals surface area contributed by atoms with Crippen LogP contribution in [-0.2, 0) is 11.3 Å². The molecule has 2 aromatic carbocycles. The van der Waals surface area contributed by atoms with E-state index in [4.69, 9.17) is 5.73 Å². The molecule has 31 heavy (non-hydrogen) atoms. The summed E-state index contributed by atoms with van der Waals surface area (Å²) in [5, 5.41) is 2.92. The number of amides is 2. The number of nitrogens with one attached hydrogen (secondary N) is 1. The summed E-state index contributed by atoms with van der Waals surface area (Å²) in [5.74, 6) is 0.0276. The van der Waals surface area contributed by atoms with Gasteiger partial charge in [0.2, 0.25) is 5.91 Å². The van der Waals surface area contributed by atoms with E-state index in [2.05, 4.69) is 26.1 Å². The predicted octanol–water partition coefficient (Wildman–Crippen LogP) is 4.97. The Morgan fingerprint density at radius 3 is 2.26 bits per heavy atom. The van der Waals surface area contributed by atoms with Crippen molar-refractivity contribution in [2.45, 2.75) is 71.5 Å². The van der Waals surface area contributed by atoms with Crippen molar-refractivity contribution in [2.24, 2.45) is 11.1 Å². The van der Waals surface area contributed by atoms with Crippen molar-refractivity contribution in [3.63, 3.8) is 0 Å². The molecule has 0 aliphatic heterocycles. The Morgan fingerprint density at radius 2 is 1.65 bits per heavy atom. The molecule has 1 aliphatic rings. The quantitative estimate of drug-likeness (QED) is 0.691. The van der Waals surface area contributed by atoms with Crippen molar-refractivity contribution in [1.82, 2.24) is 4.90 Å². The topological polar surface area (TPSA) is 75.4 Å². The van der Waals surface area contributed by atoms with Gasteiger partial charge < -0.3 is 16.0 Å². The molecule has 5 heteroatoms. The molecule has 0 radical (unpaired) electrons. The second-order valence-corrected chi connectivity index (χ2v) is 9.79. The first-order valence-corrected chi connectivity index (χ1v) is 11.2. The standard InChI is InChI=1S/C26H35N3O2/c1-26(2,3)17-24(30)29(23-12-8-7-11-22(23)27)18-19-13-15-21(16-14-19)28-25(31)20-9-5-4-6-10-20/h4-6,9-10,13-16,22-23H,7-8,11-12,17-18,27H2,1-3H3,(H,28,31). The number of carbonyl (C=O) groups excluding carboxylic acids is 2. The van der Waals surface area contributed by atoms with Crippen LogP contribution in [0, 0.1) is 5.41 Å². The van der Waals surface area contributed by atoms with Gasteiger partial charge in [0, 0.05) is 36.3 Å². The molecule has 2 amide bonds. The summed E-state index contributed by atoms with van der Waals surface area (Å²) in [6.45, 7) is 6.82. The lowest BCUT2D eigenvalue weighted by atomic mass is 9.87. The number of rotatable bonds is 6. The molecule has 0 bridgehead atoms. The molecule has 3 rings (SSSR count). The number of nitrogens with zero attached hydrogens (tertiary/aromatic N) is 1. The second-order valence-electron chi connectivity index (χ2n) is 9.79. The number of nitrogens with two attached hydrogens (primary N) is 1. The Labute approximate surface area is 186 Å². The zero-order chi connectivity index (χ0) is 22.4. The molecular formula is C26H35N3O2. The summed E-state index contributed by atoms with van der Waals surface area (Å²) >= 11 is 0. The second kappa shape index (κ2) is 10.1. The van der Waals surface area contributed by atoms with E-state index < -0.39 is 0 Å². The fourth-order valence-corrected chi connectivity index (χ4v) is 4.16. The van der Waals surface area contributed by atoms with Crippen LogP contribution in [0.4, 0.5) is 5.69 Å². The van der Waals surface area contributed by atoms with Crippen LogP contribution in [0.3, 0.4) is 0 Å². The van der Waals surface area contributed by atoms with Crippen LogP contribution in [0.25, 0.3) is 0 Å². The van der Waals surface area contributed by atoms with Crippen LogP contribution in [0.2, 0.25) is 0 Å². The van der Waals surface area contributed by atoms with Crippen LogP contribution in [0.1, 0.15) is 68.8 Å². The monoisotopic (exact) mass is 421 g/mol. The molecule has 5 nitrogen and oxygen atoms in total. The minimum Gasteiger partial charge on any atom is -0.334 e. The van der Waals surface area contributed by atoms with Crippen LogP contribution in [-0.4, -0.2) is 28.8 Å². The minimum absolute atomic E-state index is 0.0297. The van der Waals surface area contributed by atoms with Gasteiger partial charge >= 0.3 is 0 Å². The Hall–Kier alpha value is -2.66. The van der Waals surface area contributed by atoms with Gasteiger partial charge in [0.05, 0.1) is 0 Å². The highest BCUT2D eigenvalue weighted by molar-refractivity contribution is 6.04. The van der Waals surface area contributed by atoms with E-state index in [1.165, 1.54) is 0 Å². The SMILES string of the molecule is CC(C)(C)CC(=O)N(Cc1ccc(NC(=O)c2ccccc2)cc1)C1CCCCC1N. The maximum Gasteiger partial charge on any atom is 0.255 e. The Kier molecular flexibility index (Phi) is 7.50. The van der Waals surface area contributed by atoms with E-state index >= 15 is 0 Å². The van der Waals surface area contributed by atoms with E-state index in [1.54, 1.807) is 12.1 Å². The van der Waals surface area contributed by atoms with E-state index in [1.807, 2.05) is 47.4 Å². The van der Waals surface area contributed by atoms with Crippen LogP contribution < -0.4 is 11.1 Å². The lowest BCUT2D eigenvalue weighted by Crippen LogP contribution is -2.52. The summed E-state index contributed by atoms with van der Waals surface area (Å²) < 4.78 is 0. The zero-order valence-corrected chi connectivity index (χ0v) is 18.9. The molecule has 1 aliphatic carbocycles. The number of anilines is 1. The van der Waals surface area contributed by atoms with E-state index in [0.717, 1.165) is 36.9 Å². The normalized spacial score (nSPS) is 19.0. The highest BCUT2D eigenvalue weighted by atomic mass is 16.2. The summed E-state index contributed by atoms with van der Waals surface area (Å²) in [6, 6.07) is 17.0. The van der Waals surface area contributed by atoms with E-state index in [0.29, 0.717) is 18.5 Å². The maximum atomic E-state index is 13.2. The van der Waals surface area contributed by atoms with Gasteiger partial charge in [-0.15, -0.1) is 0 Å². The van der Waals surface area contributed by atoms with E-state index in [-0.39, 0.29) is 29.3 Å². The number of benzene rings is 2. The first-order valence-electron chi connectivity index (χ1n) is 11.2. The molecule has 0 aromatic heterocycles. The molecule has 2 unspecified atom stereocenters. The highest BCUT2D eigenvalue weighted by Gasteiger charge is 2.32. The average molecular weight is 422 g/mol. The third kappa shape index (κ3) is 6.66. The summed E-state index contributed by atoms with van der Waals surface area (Å²) in [4.78, 5) is 27.5. The summed E-state index contributed by atoms with van der Waals surface area (Å²) in [7, 11) is 0. The van der Waals surface area contributed by atoms with E-state index in [9.17, 15) is 9.59 Å². The Balaban J connectivity index is 1.71. The molecule has 3 N–H and O–H groups in total. The minimum atomic E-state index is -0.136. The Bertz CT molecular complexity index is 872. The first-order chi connectivity index (χ1) is 14.7. The van der Waals surface area contributed by atoms with Crippen molar-refractivity contribution in [3.05, 3.63) is 65.7 Å². The molecule has 2 atom stereocenters. The van der Waals surface area contributed by atoms with Gasteiger partial charge in [-0.05, 0) is 48.1 Å². The number of hydrogen-bond donors (Lipinski definition) is 2. The van der Waals surface area contributed by atoms with Crippen molar-refractivity contribution >= 4 is 17.5 Å². The maximum absolute atomic E-state index is 13.2. The summed E-state index contributed by atoms with van der Waals surface area (Å²) in [5.41, 5.74) is 8.76. The van der Waals surface area contributed by atoms with Crippen LogP contribution in [0.15, 0.2) is 54.6 Å². The van der Waals surface area contributed by atoms with Gasteiger partial charge in [-0.2, -0.15) is 0 Å². The lowest BCUT2D eigenvalue weighted by Gasteiger charge is -2.39. The molecule has 1 fully saturated rings. The number of carbonyl (C=O) groups is 2. The number of hydrogen-bond acceptors (Lipinski definition) is 3. The third-order valence-corrected chi connectivity index (χ3v) is 5.78. The lowest BCUT2D eigenvalue weighted by molar-refractivity contribution is -0.137. The highest BCUT2D eigenvalue weighted by Crippen LogP contribution is 2.28. The van der Waals surface area contributed by atoms with Gasteiger partial charge in [0.1, 0.15) is 0 Å². The summed E-state index contributed by atoms with van der Waals surface area (Å²) in [6.07, 6.45) is 4.68. The molecule has 0 spiro atoms. The molecule has 2 aromatic rings. The smallest absolute Gasteiger partial charge is 0.255 e. The van der Waals surface area contributed by atoms with Crippen LogP contribution in [0.5, 0.6) is 0 Å². The zero-order valence-electron chi connectivity index (χ0n) is 18.9. The van der Waals surface area contributed by atoms with Crippen molar-refractivity contribution in [2.75, 3.05) is 5.32 Å². The van der Waals surface area contributed by atoms with Gasteiger partial charge in [0.15, 0.2) is 0 Å². The predicted molar refractivity (Wildman–Crippen MR) is 126 cm³/mol. The van der Waals surface area contributed by atoms with Gasteiger partial charge in [-0.1, -0.05) is 63.9 Å². The first kappa shape index (κ1) is 23.0. The molecule has 1 saturated carbocycles. The van der Waals surface area contributed by atoms with Crippen LogP contribution >= 0.6 is 0 Å². The van der Waals surface area contributed by atoms with Crippen molar-refractivity contribution in [1.29, 1.82) is 0 Å². The molecule has 0 saturated heterocycles.